The molecule has 1 N–H and O–H groups in total. The largest absolute Gasteiger partial charge is 0.381 e. The number of amides is 1. The van der Waals surface area contributed by atoms with Crippen LogP contribution in [0.2, 0.25) is 0 Å². The molecule has 1 aromatic carbocycles. The molecule has 21 heavy (non-hydrogen) atoms. The summed E-state index contributed by atoms with van der Waals surface area (Å²) in [5.74, 6) is 0.629. The number of benzene rings is 1. The average molecular weight is 288 g/mol. The fraction of sp³-hybridized carbons (Fsp3) is 0.588. The lowest BCUT2D eigenvalue weighted by molar-refractivity contribution is -0.144. The summed E-state index contributed by atoms with van der Waals surface area (Å²) in [4.78, 5) is 14.6. The van der Waals surface area contributed by atoms with E-state index in [4.69, 9.17) is 4.74 Å². The van der Waals surface area contributed by atoms with E-state index in [0.717, 1.165) is 44.5 Å². The number of para-hydroxylation sites is 1. The quantitative estimate of drug-likeness (QED) is 0.905. The van der Waals surface area contributed by atoms with Crippen molar-refractivity contribution in [2.75, 3.05) is 25.5 Å². The lowest BCUT2D eigenvalue weighted by Crippen LogP contribution is -2.49. The Bertz CT molecular complexity index is 473. The number of nitrogens with zero attached hydrogens (tertiary/aromatic N) is 1. The minimum Gasteiger partial charge on any atom is -0.381 e. The van der Waals surface area contributed by atoms with Crippen LogP contribution in [0.15, 0.2) is 30.3 Å². The summed E-state index contributed by atoms with van der Waals surface area (Å²) in [6, 6.07) is 10.6. The Morgan fingerprint density at radius 1 is 1.29 bits per heavy atom. The van der Waals surface area contributed by atoms with Gasteiger partial charge in [0.25, 0.3) is 5.91 Å². The lowest BCUT2D eigenvalue weighted by Gasteiger charge is -2.35. The van der Waals surface area contributed by atoms with Crippen molar-refractivity contribution in [3.8, 4) is 0 Å². The third-order valence-electron chi connectivity index (χ3n) is 4.43. The highest BCUT2D eigenvalue weighted by molar-refractivity contribution is 5.81. The number of hydrogen-bond donors (Lipinski definition) is 1. The number of nitrogens with one attached hydrogen (secondary N) is 1. The van der Waals surface area contributed by atoms with Gasteiger partial charge < -0.3 is 15.0 Å². The van der Waals surface area contributed by atoms with E-state index in [1.807, 2.05) is 23.1 Å². The molecule has 1 heterocycles. The number of hydrogen-bond acceptors (Lipinski definition) is 3. The van der Waals surface area contributed by atoms with Gasteiger partial charge in [0.05, 0.1) is 0 Å². The summed E-state index contributed by atoms with van der Waals surface area (Å²) in [7, 11) is 1.66. The molecule has 1 aliphatic carbocycles. The van der Waals surface area contributed by atoms with E-state index in [1.54, 1.807) is 7.11 Å². The molecule has 4 heteroatoms. The zero-order chi connectivity index (χ0) is 14.7. The SMILES string of the molecule is CO[C@@H](C(=O)N1CCC[C@@H](Nc2ccccc2)C1)C1CC1. The summed E-state index contributed by atoms with van der Waals surface area (Å²) in [5, 5.41) is 3.53. The normalized spacial score (nSPS) is 23.7. The minimum atomic E-state index is -0.222. The molecule has 0 radical (unpaired) electrons. The standard InChI is InChI=1S/C17H24N2O2/c1-21-16(13-9-10-13)17(20)19-11-5-8-15(12-19)18-14-6-3-2-4-7-14/h2-4,6-7,13,15-16,18H,5,8-12H2,1H3/t15-,16-/m1/s1. The molecule has 1 saturated carbocycles. The van der Waals surface area contributed by atoms with Gasteiger partial charge in [-0.1, -0.05) is 18.2 Å². The van der Waals surface area contributed by atoms with E-state index in [2.05, 4.69) is 17.4 Å². The van der Waals surface area contributed by atoms with Gasteiger partial charge in [-0.15, -0.1) is 0 Å². The first kappa shape index (κ1) is 14.4. The molecule has 2 aliphatic rings. The molecule has 1 aromatic rings. The summed E-state index contributed by atoms with van der Waals surface area (Å²) < 4.78 is 5.43. The van der Waals surface area contributed by atoms with Crippen LogP contribution in [-0.4, -0.2) is 43.2 Å². The first-order chi connectivity index (χ1) is 10.3. The number of likely N-dealkylation sites (tertiary alicyclic amines) is 1. The molecule has 0 aromatic heterocycles. The van der Waals surface area contributed by atoms with E-state index in [9.17, 15) is 4.79 Å². The zero-order valence-corrected chi connectivity index (χ0v) is 12.6. The smallest absolute Gasteiger partial charge is 0.252 e. The molecule has 0 unspecified atom stereocenters. The highest BCUT2D eigenvalue weighted by Crippen LogP contribution is 2.35. The molecular weight excluding hydrogens is 264 g/mol. The number of ether oxygens (including phenoxy) is 1. The van der Waals surface area contributed by atoms with E-state index in [-0.39, 0.29) is 12.0 Å². The van der Waals surface area contributed by atoms with Gasteiger partial charge in [0.1, 0.15) is 6.10 Å². The number of anilines is 1. The number of carbonyl (C=O) groups excluding carboxylic acids is 1. The van der Waals surface area contributed by atoms with Gasteiger partial charge in [-0.05, 0) is 43.7 Å². The Kier molecular flexibility index (Phi) is 4.44. The van der Waals surface area contributed by atoms with E-state index >= 15 is 0 Å². The van der Waals surface area contributed by atoms with Crippen LogP contribution in [0.3, 0.4) is 0 Å². The molecule has 3 rings (SSSR count). The monoisotopic (exact) mass is 288 g/mol. The molecule has 1 amide bonds. The third kappa shape index (κ3) is 3.56. The second-order valence-corrected chi connectivity index (χ2v) is 6.13. The van der Waals surface area contributed by atoms with Crippen molar-refractivity contribution in [2.45, 2.75) is 37.8 Å². The molecule has 2 atom stereocenters. The van der Waals surface area contributed by atoms with E-state index in [1.165, 1.54) is 0 Å². The molecular formula is C17H24N2O2. The van der Waals surface area contributed by atoms with Crippen LogP contribution in [0.25, 0.3) is 0 Å². The fourth-order valence-corrected chi connectivity index (χ4v) is 3.14. The highest BCUT2D eigenvalue weighted by atomic mass is 16.5. The van der Waals surface area contributed by atoms with Crippen LogP contribution >= 0.6 is 0 Å². The summed E-state index contributed by atoms with van der Waals surface area (Å²) in [6.07, 6.45) is 4.20. The fourth-order valence-electron chi connectivity index (χ4n) is 3.14. The van der Waals surface area contributed by atoms with Crippen molar-refractivity contribution in [2.24, 2.45) is 5.92 Å². The van der Waals surface area contributed by atoms with Crippen molar-refractivity contribution >= 4 is 11.6 Å². The van der Waals surface area contributed by atoms with Gasteiger partial charge in [-0.3, -0.25) is 4.79 Å². The lowest BCUT2D eigenvalue weighted by atomic mass is 10.0. The van der Waals surface area contributed by atoms with Gasteiger partial charge in [0, 0.05) is 31.9 Å². The Balaban J connectivity index is 1.58. The van der Waals surface area contributed by atoms with Crippen molar-refractivity contribution in [1.29, 1.82) is 0 Å². The Hall–Kier alpha value is -1.55. The summed E-state index contributed by atoms with van der Waals surface area (Å²) >= 11 is 0. The van der Waals surface area contributed by atoms with Crippen molar-refractivity contribution in [1.82, 2.24) is 4.90 Å². The second-order valence-electron chi connectivity index (χ2n) is 6.13. The molecule has 4 nitrogen and oxygen atoms in total. The number of piperidine rings is 1. The van der Waals surface area contributed by atoms with Crippen LogP contribution in [0, 0.1) is 5.92 Å². The predicted molar refractivity (Wildman–Crippen MR) is 83.2 cm³/mol. The maximum absolute atomic E-state index is 12.6. The Morgan fingerprint density at radius 3 is 2.71 bits per heavy atom. The number of carbonyl (C=O) groups is 1. The zero-order valence-electron chi connectivity index (χ0n) is 12.6. The van der Waals surface area contributed by atoms with Crippen LogP contribution in [0.1, 0.15) is 25.7 Å². The second kappa shape index (κ2) is 6.48. The number of rotatable bonds is 5. The van der Waals surface area contributed by atoms with Gasteiger partial charge in [-0.25, -0.2) is 0 Å². The first-order valence-corrected chi connectivity index (χ1v) is 7.91. The average Bonchev–Trinajstić information content (AvgIpc) is 3.34. The molecule has 1 saturated heterocycles. The van der Waals surface area contributed by atoms with Gasteiger partial charge in [0.15, 0.2) is 0 Å². The van der Waals surface area contributed by atoms with Gasteiger partial charge in [-0.2, -0.15) is 0 Å². The topological polar surface area (TPSA) is 41.6 Å². The van der Waals surface area contributed by atoms with Crippen molar-refractivity contribution in [3.05, 3.63) is 30.3 Å². The first-order valence-electron chi connectivity index (χ1n) is 7.91. The summed E-state index contributed by atoms with van der Waals surface area (Å²) in [6.45, 7) is 1.64. The van der Waals surface area contributed by atoms with E-state index in [0.29, 0.717) is 12.0 Å². The van der Waals surface area contributed by atoms with Crippen molar-refractivity contribution < 1.29 is 9.53 Å². The maximum atomic E-state index is 12.6. The molecule has 0 bridgehead atoms. The molecule has 1 aliphatic heterocycles. The third-order valence-corrected chi connectivity index (χ3v) is 4.43. The summed E-state index contributed by atoms with van der Waals surface area (Å²) in [5.41, 5.74) is 1.13. The van der Waals surface area contributed by atoms with Crippen LogP contribution in [0.5, 0.6) is 0 Å². The predicted octanol–water partition coefficient (Wildman–Crippen LogP) is 2.51. The highest BCUT2D eigenvalue weighted by Gasteiger charge is 2.39. The molecule has 2 fully saturated rings. The minimum absolute atomic E-state index is 0.180. The Morgan fingerprint density at radius 2 is 2.05 bits per heavy atom. The maximum Gasteiger partial charge on any atom is 0.252 e. The Labute approximate surface area is 126 Å². The molecule has 114 valence electrons. The van der Waals surface area contributed by atoms with Gasteiger partial charge >= 0.3 is 0 Å². The van der Waals surface area contributed by atoms with Crippen LogP contribution < -0.4 is 5.32 Å². The van der Waals surface area contributed by atoms with E-state index < -0.39 is 0 Å². The van der Waals surface area contributed by atoms with Crippen molar-refractivity contribution in [3.63, 3.8) is 0 Å². The van der Waals surface area contributed by atoms with Crippen LogP contribution in [0.4, 0.5) is 5.69 Å². The number of methoxy groups -OCH3 is 1. The van der Waals surface area contributed by atoms with Crippen LogP contribution in [-0.2, 0) is 9.53 Å². The van der Waals surface area contributed by atoms with Gasteiger partial charge in [0.2, 0.25) is 0 Å². The molecule has 0 spiro atoms.